The van der Waals surface area contributed by atoms with Gasteiger partial charge >= 0.3 is 5.97 Å². The molecule has 0 aliphatic carbocycles. The first kappa shape index (κ1) is 16.6. The van der Waals surface area contributed by atoms with Crippen molar-refractivity contribution in [1.29, 1.82) is 0 Å². The molecule has 0 radical (unpaired) electrons. The van der Waals surface area contributed by atoms with Crippen molar-refractivity contribution >= 4 is 17.8 Å². The van der Waals surface area contributed by atoms with Gasteiger partial charge in [-0.05, 0) is 32.6 Å². The third-order valence-corrected chi connectivity index (χ3v) is 4.61. The number of anilines is 1. The highest BCUT2D eigenvalue weighted by Gasteiger charge is 2.30. The minimum absolute atomic E-state index is 0.195. The molecule has 3 N–H and O–H groups in total. The molecular weight excluding hydrogens is 310 g/mol. The standard InChI is InChI=1S/C16H23N5O3/c1-10-12(9-18-16(19-10)21-5-3-2-4-6-21)14(22)20-11-7-13(15(23)24)17-8-11/h9,11,13,17H,2-8H2,1H3,(H,20,22)(H,23,24)/t11-,13-/m0/s1. The van der Waals surface area contributed by atoms with Gasteiger partial charge in [0.2, 0.25) is 5.95 Å². The highest BCUT2D eigenvalue weighted by Crippen LogP contribution is 2.17. The molecule has 0 unspecified atom stereocenters. The summed E-state index contributed by atoms with van der Waals surface area (Å²) in [7, 11) is 0. The van der Waals surface area contributed by atoms with Gasteiger partial charge in [0.05, 0.1) is 11.3 Å². The van der Waals surface area contributed by atoms with E-state index in [1.807, 2.05) is 0 Å². The molecule has 3 rings (SSSR count). The van der Waals surface area contributed by atoms with Gasteiger partial charge in [-0.2, -0.15) is 0 Å². The molecule has 2 aliphatic heterocycles. The Bertz CT molecular complexity index is 630. The van der Waals surface area contributed by atoms with Gasteiger partial charge in [0.25, 0.3) is 5.91 Å². The molecule has 0 bridgehead atoms. The van der Waals surface area contributed by atoms with Crippen LogP contribution in [0, 0.1) is 6.92 Å². The van der Waals surface area contributed by atoms with E-state index < -0.39 is 12.0 Å². The predicted molar refractivity (Wildman–Crippen MR) is 88.1 cm³/mol. The second-order valence-electron chi connectivity index (χ2n) is 6.42. The number of rotatable bonds is 4. The summed E-state index contributed by atoms with van der Waals surface area (Å²) in [6.45, 7) is 4.16. The molecule has 2 aliphatic rings. The zero-order valence-electron chi connectivity index (χ0n) is 13.8. The highest BCUT2D eigenvalue weighted by atomic mass is 16.4. The largest absolute Gasteiger partial charge is 0.480 e. The van der Waals surface area contributed by atoms with Gasteiger partial charge in [-0.25, -0.2) is 9.97 Å². The Morgan fingerprint density at radius 1 is 1.33 bits per heavy atom. The van der Waals surface area contributed by atoms with Crippen LogP contribution in [-0.4, -0.2) is 58.7 Å². The van der Waals surface area contributed by atoms with Crippen molar-refractivity contribution in [2.45, 2.75) is 44.7 Å². The lowest BCUT2D eigenvalue weighted by atomic mass is 10.1. The van der Waals surface area contributed by atoms with Crippen LogP contribution in [0.4, 0.5) is 5.95 Å². The summed E-state index contributed by atoms with van der Waals surface area (Å²) in [5.41, 5.74) is 1.08. The van der Waals surface area contributed by atoms with Gasteiger partial charge < -0.3 is 20.6 Å². The number of carbonyl (C=O) groups excluding carboxylic acids is 1. The van der Waals surface area contributed by atoms with Crippen LogP contribution < -0.4 is 15.5 Å². The van der Waals surface area contributed by atoms with Gasteiger partial charge in [-0.15, -0.1) is 0 Å². The van der Waals surface area contributed by atoms with Crippen LogP contribution >= 0.6 is 0 Å². The molecule has 8 nitrogen and oxygen atoms in total. The zero-order valence-corrected chi connectivity index (χ0v) is 13.8. The number of carboxylic acid groups (broad SMARTS) is 1. The Labute approximate surface area is 140 Å². The Morgan fingerprint density at radius 2 is 2.08 bits per heavy atom. The Kier molecular flexibility index (Phi) is 4.94. The molecule has 2 atom stereocenters. The van der Waals surface area contributed by atoms with Crippen LogP contribution in [0.1, 0.15) is 41.7 Å². The third kappa shape index (κ3) is 3.64. The summed E-state index contributed by atoms with van der Waals surface area (Å²) in [6.07, 6.45) is 5.47. The number of hydrogen-bond acceptors (Lipinski definition) is 6. The summed E-state index contributed by atoms with van der Waals surface area (Å²) in [5, 5.41) is 14.7. The maximum Gasteiger partial charge on any atom is 0.320 e. The van der Waals surface area contributed by atoms with E-state index >= 15 is 0 Å². The maximum atomic E-state index is 12.4. The van der Waals surface area contributed by atoms with Crippen molar-refractivity contribution in [3.63, 3.8) is 0 Å². The van der Waals surface area contributed by atoms with E-state index in [1.165, 1.54) is 6.42 Å². The molecule has 1 aromatic heterocycles. The fourth-order valence-corrected chi connectivity index (χ4v) is 3.22. The van der Waals surface area contributed by atoms with E-state index in [1.54, 1.807) is 13.1 Å². The normalized spacial score (nSPS) is 24.0. The minimum atomic E-state index is -0.892. The average molecular weight is 333 g/mol. The molecule has 0 saturated carbocycles. The van der Waals surface area contributed by atoms with Crippen molar-refractivity contribution in [3.8, 4) is 0 Å². The molecule has 130 valence electrons. The minimum Gasteiger partial charge on any atom is -0.480 e. The number of amides is 1. The van der Waals surface area contributed by atoms with E-state index in [-0.39, 0.29) is 11.9 Å². The third-order valence-electron chi connectivity index (χ3n) is 4.61. The second kappa shape index (κ2) is 7.12. The molecule has 24 heavy (non-hydrogen) atoms. The molecule has 2 saturated heterocycles. The van der Waals surface area contributed by atoms with Gasteiger partial charge in [0.1, 0.15) is 6.04 Å². The summed E-state index contributed by atoms with van der Waals surface area (Å²) >= 11 is 0. The summed E-state index contributed by atoms with van der Waals surface area (Å²) in [6, 6.07) is -0.797. The van der Waals surface area contributed by atoms with Crippen LogP contribution in [0.15, 0.2) is 6.20 Å². The monoisotopic (exact) mass is 333 g/mol. The van der Waals surface area contributed by atoms with Crippen LogP contribution in [0.3, 0.4) is 0 Å². The Morgan fingerprint density at radius 3 is 2.71 bits per heavy atom. The number of carbonyl (C=O) groups is 2. The van der Waals surface area contributed by atoms with Gasteiger partial charge in [0.15, 0.2) is 0 Å². The van der Waals surface area contributed by atoms with Crippen LogP contribution in [0.2, 0.25) is 0 Å². The van der Waals surface area contributed by atoms with Crippen LogP contribution in [-0.2, 0) is 4.79 Å². The van der Waals surface area contributed by atoms with Gasteiger partial charge in [0, 0.05) is 31.9 Å². The van der Waals surface area contributed by atoms with E-state index in [0.29, 0.717) is 30.2 Å². The summed E-state index contributed by atoms with van der Waals surface area (Å²) in [5.74, 6) is -0.468. The molecule has 2 fully saturated rings. The topological polar surface area (TPSA) is 107 Å². The molecule has 1 amide bonds. The molecular formula is C16H23N5O3. The Hall–Kier alpha value is -2.22. The van der Waals surface area contributed by atoms with Crippen molar-refractivity contribution < 1.29 is 14.7 Å². The summed E-state index contributed by atoms with van der Waals surface area (Å²) < 4.78 is 0. The Balaban J connectivity index is 1.64. The maximum absolute atomic E-state index is 12.4. The number of nitrogens with one attached hydrogen (secondary N) is 2. The summed E-state index contributed by atoms with van der Waals surface area (Å²) in [4.78, 5) is 34.3. The second-order valence-corrected chi connectivity index (χ2v) is 6.42. The number of nitrogens with zero attached hydrogens (tertiary/aromatic N) is 3. The number of aryl methyl sites for hydroxylation is 1. The molecule has 8 heteroatoms. The fraction of sp³-hybridized carbons (Fsp3) is 0.625. The number of carboxylic acids is 1. The van der Waals surface area contributed by atoms with Crippen molar-refractivity contribution in [3.05, 3.63) is 17.5 Å². The first-order valence-electron chi connectivity index (χ1n) is 8.40. The fourth-order valence-electron chi connectivity index (χ4n) is 3.22. The molecule has 0 aromatic carbocycles. The lowest BCUT2D eigenvalue weighted by molar-refractivity contribution is -0.139. The van der Waals surface area contributed by atoms with Gasteiger partial charge in [-0.1, -0.05) is 0 Å². The lowest BCUT2D eigenvalue weighted by Gasteiger charge is -2.26. The molecule has 0 spiro atoms. The van der Waals surface area contributed by atoms with Crippen LogP contribution in [0.25, 0.3) is 0 Å². The molecule has 1 aromatic rings. The van der Waals surface area contributed by atoms with E-state index in [2.05, 4.69) is 25.5 Å². The van der Waals surface area contributed by atoms with Crippen molar-refractivity contribution in [2.75, 3.05) is 24.5 Å². The SMILES string of the molecule is Cc1nc(N2CCCCC2)ncc1C(=O)N[C@@H]1CN[C@H](C(=O)O)C1. The number of hydrogen-bond donors (Lipinski definition) is 3. The quantitative estimate of drug-likeness (QED) is 0.728. The van der Waals surface area contributed by atoms with E-state index in [4.69, 9.17) is 5.11 Å². The van der Waals surface area contributed by atoms with Gasteiger partial charge in [-0.3, -0.25) is 9.59 Å². The van der Waals surface area contributed by atoms with E-state index in [9.17, 15) is 9.59 Å². The lowest BCUT2D eigenvalue weighted by Crippen LogP contribution is -2.37. The predicted octanol–water partition coefficient (Wildman–Crippen LogP) is 0.320. The van der Waals surface area contributed by atoms with Crippen molar-refractivity contribution in [2.24, 2.45) is 0 Å². The average Bonchev–Trinajstić information content (AvgIpc) is 3.04. The van der Waals surface area contributed by atoms with Crippen LogP contribution in [0.5, 0.6) is 0 Å². The molecule has 3 heterocycles. The van der Waals surface area contributed by atoms with Crippen molar-refractivity contribution in [1.82, 2.24) is 20.6 Å². The van der Waals surface area contributed by atoms with E-state index in [0.717, 1.165) is 25.9 Å². The number of aromatic nitrogens is 2. The number of aliphatic carboxylic acids is 1. The first-order chi connectivity index (χ1) is 11.5. The zero-order chi connectivity index (χ0) is 17.1. The highest BCUT2D eigenvalue weighted by molar-refractivity contribution is 5.95. The smallest absolute Gasteiger partial charge is 0.320 e. The number of piperidine rings is 1. The first-order valence-corrected chi connectivity index (χ1v) is 8.40.